The maximum atomic E-state index is 5.81. The Morgan fingerprint density at radius 1 is 1.50 bits per heavy atom. The Labute approximate surface area is 98.6 Å². The molecule has 3 nitrogen and oxygen atoms in total. The molecule has 1 aliphatic heterocycles. The molecule has 0 amide bonds. The van der Waals surface area contributed by atoms with Crippen LogP contribution in [0.5, 0.6) is 5.75 Å². The Morgan fingerprint density at radius 3 is 3.38 bits per heavy atom. The van der Waals surface area contributed by atoms with Gasteiger partial charge in [0.1, 0.15) is 5.75 Å². The van der Waals surface area contributed by atoms with Crippen molar-refractivity contribution in [3.63, 3.8) is 0 Å². The van der Waals surface area contributed by atoms with Crippen molar-refractivity contribution in [2.45, 2.75) is 6.42 Å². The second-order valence-corrected chi connectivity index (χ2v) is 5.03. The van der Waals surface area contributed by atoms with E-state index in [2.05, 4.69) is 21.8 Å². The van der Waals surface area contributed by atoms with Crippen LogP contribution in [0.4, 0.5) is 0 Å². The Bertz CT molecular complexity index is 477. The van der Waals surface area contributed by atoms with E-state index in [1.165, 1.54) is 28.0 Å². The fourth-order valence-corrected chi connectivity index (χ4v) is 2.68. The van der Waals surface area contributed by atoms with Crippen LogP contribution in [0.2, 0.25) is 0 Å². The lowest BCUT2D eigenvalue weighted by molar-refractivity contribution is 0.260. The van der Waals surface area contributed by atoms with Crippen molar-refractivity contribution in [2.75, 3.05) is 19.7 Å². The molecule has 0 radical (unpaired) electrons. The number of fused-ring (bicyclic) bond motifs is 1. The van der Waals surface area contributed by atoms with E-state index in [1.807, 2.05) is 12.3 Å². The van der Waals surface area contributed by atoms with Gasteiger partial charge in [-0.3, -0.25) is 0 Å². The fourth-order valence-electron chi connectivity index (χ4n) is 2.00. The van der Waals surface area contributed by atoms with Gasteiger partial charge in [0.15, 0.2) is 0 Å². The largest absolute Gasteiger partial charge is 0.493 e. The topological polar surface area (TPSA) is 34.1 Å². The number of rotatable bonds is 3. The molecular formula is C12H14N2OS. The highest BCUT2D eigenvalue weighted by Crippen LogP contribution is 2.24. The van der Waals surface area contributed by atoms with E-state index in [9.17, 15) is 0 Å². The zero-order valence-corrected chi connectivity index (χ0v) is 9.80. The second kappa shape index (κ2) is 4.39. The van der Waals surface area contributed by atoms with Crippen LogP contribution in [0.3, 0.4) is 0 Å². The molecule has 1 fully saturated rings. The van der Waals surface area contributed by atoms with Crippen LogP contribution in [0, 0.1) is 5.92 Å². The smallest absolute Gasteiger partial charge is 0.120 e. The summed E-state index contributed by atoms with van der Waals surface area (Å²) in [4.78, 5) is 0. The molecule has 3 rings (SSSR count). The number of ether oxygens (including phenoxy) is 1. The van der Waals surface area contributed by atoms with Crippen molar-refractivity contribution in [1.29, 1.82) is 0 Å². The van der Waals surface area contributed by atoms with Gasteiger partial charge in [0.05, 0.1) is 11.3 Å². The van der Waals surface area contributed by atoms with Crippen LogP contribution < -0.4 is 10.1 Å². The van der Waals surface area contributed by atoms with Crippen molar-refractivity contribution in [3.05, 3.63) is 24.4 Å². The van der Waals surface area contributed by atoms with Crippen molar-refractivity contribution < 1.29 is 4.74 Å². The molecule has 1 aromatic carbocycles. The lowest BCUT2D eigenvalue weighted by Gasteiger charge is -2.10. The maximum Gasteiger partial charge on any atom is 0.120 e. The average molecular weight is 234 g/mol. The minimum Gasteiger partial charge on any atom is -0.493 e. The van der Waals surface area contributed by atoms with Gasteiger partial charge >= 0.3 is 0 Å². The van der Waals surface area contributed by atoms with Crippen LogP contribution >= 0.6 is 11.5 Å². The fraction of sp³-hybridized carbons (Fsp3) is 0.417. The normalized spacial score (nSPS) is 20.4. The summed E-state index contributed by atoms with van der Waals surface area (Å²) in [7, 11) is 0. The highest BCUT2D eigenvalue weighted by molar-refractivity contribution is 7.13. The molecule has 0 aliphatic carbocycles. The van der Waals surface area contributed by atoms with E-state index < -0.39 is 0 Å². The van der Waals surface area contributed by atoms with Crippen LogP contribution in [0.1, 0.15) is 6.42 Å². The van der Waals surface area contributed by atoms with E-state index in [-0.39, 0.29) is 0 Å². The molecule has 2 aromatic rings. The highest BCUT2D eigenvalue weighted by Gasteiger charge is 2.14. The maximum absolute atomic E-state index is 5.81. The van der Waals surface area contributed by atoms with Crippen LogP contribution in [0.15, 0.2) is 24.4 Å². The Hall–Kier alpha value is -1.13. The van der Waals surface area contributed by atoms with Crippen molar-refractivity contribution >= 4 is 21.6 Å². The van der Waals surface area contributed by atoms with Crippen LogP contribution in [0.25, 0.3) is 10.1 Å². The summed E-state index contributed by atoms with van der Waals surface area (Å²) in [6.45, 7) is 3.03. The van der Waals surface area contributed by atoms with Gasteiger partial charge in [-0.25, -0.2) is 0 Å². The van der Waals surface area contributed by atoms with Crippen molar-refractivity contribution in [2.24, 2.45) is 5.92 Å². The molecule has 1 N–H and O–H groups in total. The Morgan fingerprint density at radius 2 is 2.50 bits per heavy atom. The number of nitrogens with one attached hydrogen (secondary N) is 1. The van der Waals surface area contributed by atoms with E-state index in [0.717, 1.165) is 25.4 Å². The number of hydrogen-bond donors (Lipinski definition) is 1. The first-order valence-electron chi connectivity index (χ1n) is 5.60. The first kappa shape index (κ1) is 10.1. The zero-order chi connectivity index (χ0) is 10.8. The lowest BCUT2D eigenvalue weighted by Crippen LogP contribution is -2.15. The number of benzene rings is 1. The van der Waals surface area contributed by atoms with E-state index in [4.69, 9.17) is 4.74 Å². The first-order valence-corrected chi connectivity index (χ1v) is 6.37. The third-order valence-electron chi connectivity index (χ3n) is 2.98. The average Bonchev–Trinajstić information content (AvgIpc) is 2.97. The summed E-state index contributed by atoms with van der Waals surface area (Å²) >= 11 is 1.52. The van der Waals surface area contributed by atoms with E-state index in [0.29, 0.717) is 5.92 Å². The molecule has 0 bridgehead atoms. The van der Waals surface area contributed by atoms with Crippen molar-refractivity contribution in [1.82, 2.24) is 9.69 Å². The summed E-state index contributed by atoms with van der Waals surface area (Å²) in [6.07, 6.45) is 3.12. The molecule has 1 unspecified atom stereocenters. The van der Waals surface area contributed by atoms with Gasteiger partial charge in [-0.05, 0) is 42.7 Å². The molecule has 2 heterocycles. The standard InChI is InChI=1S/C12H14N2OS/c1-2-11(5-12-10(1)7-14-16-12)15-8-9-3-4-13-6-9/h1-2,5,7,9,13H,3-4,6,8H2. The Kier molecular flexibility index (Phi) is 2.76. The first-order chi connectivity index (χ1) is 7.92. The van der Waals surface area contributed by atoms with Gasteiger partial charge in [-0.2, -0.15) is 4.37 Å². The summed E-state index contributed by atoms with van der Waals surface area (Å²) in [5.41, 5.74) is 0. The molecule has 0 spiro atoms. The minimum absolute atomic E-state index is 0.664. The summed E-state index contributed by atoms with van der Waals surface area (Å²) in [5, 5.41) is 4.54. The van der Waals surface area contributed by atoms with E-state index >= 15 is 0 Å². The molecular weight excluding hydrogens is 220 g/mol. The molecule has 0 saturated carbocycles. The second-order valence-electron chi connectivity index (χ2n) is 4.20. The van der Waals surface area contributed by atoms with Gasteiger partial charge in [0.2, 0.25) is 0 Å². The third kappa shape index (κ3) is 2.03. The van der Waals surface area contributed by atoms with Crippen LogP contribution in [-0.4, -0.2) is 24.1 Å². The quantitative estimate of drug-likeness (QED) is 0.884. The van der Waals surface area contributed by atoms with Crippen molar-refractivity contribution in [3.8, 4) is 5.75 Å². The number of hydrogen-bond acceptors (Lipinski definition) is 4. The molecule has 84 valence electrons. The van der Waals surface area contributed by atoms with Gasteiger partial charge < -0.3 is 10.1 Å². The molecule has 4 heteroatoms. The third-order valence-corrected chi connectivity index (χ3v) is 3.74. The summed E-state index contributed by atoms with van der Waals surface area (Å²) < 4.78 is 11.2. The van der Waals surface area contributed by atoms with Gasteiger partial charge in [0.25, 0.3) is 0 Å². The van der Waals surface area contributed by atoms with Gasteiger partial charge in [-0.1, -0.05) is 0 Å². The SMILES string of the molecule is c1cc2cnsc2cc1OCC1CCNC1. The molecule has 16 heavy (non-hydrogen) atoms. The predicted octanol–water partition coefficient (Wildman–Crippen LogP) is 2.28. The lowest BCUT2D eigenvalue weighted by atomic mass is 10.1. The molecule has 1 saturated heterocycles. The molecule has 1 aliphatic rings. The predicted molar refractivity (Wildman–Crippen MR) is 66.1 cm³/mol. The van der Waals surface area contributed by atoms with Crippen LogP contribution in [-0.2, 0) is 0 Å². The van der Waals surface area contributed by atoms with Gasteiger partial charge in [-0.15, -0.1) is 0 Å². The summed E-state index contributed by atoms with van der Waals surface area (Å²) in [5.74, 6) is 1.63. The summed E-state index contributed by atoms with van der Waals surface area (Å²) in [6, 6.07) is 6.18. The van der Waals surface area contributed by atoms with E-state index in [1.54, 1.807) is 0 Å². The minimum atomic E-state index is 0.664. The van der Waals surface area contributed by atoms with Gasteiger partial charge in [0, 0.05) is 24.0 Å². The number of aromatic nitrogens is 1. The monoisotopic (exact) mass is 234 g/mol. The number of nitrogens with zero attached hydrogens (tertiary/aromatic N) is 1. The zero-order valence-electron chi connectivity index (χ0n) is 8.98. The Balaban J connectivity index is 1.68. The molecule has 1 aromatic heterocycles. The molecule has 1 atom stereocenters. The highest BCUT2D eigenvalue weighted by atomic mass is 32.1.